The van der Waals surface area contributed by atoms with Crippen molar-refractivity contribution in [1.82, 2.24) is 9.97 Å². The third-order valence-corrected chi connectivity index (χ3v) is 3.46. The minimum atomic E-state index is -0.369. The maximum absolute atomic E-state index is 8.96. The lowest BCUT2D eigenvalue weighted by Crippen LogP contribution is -2.42. The van der Waals surface area contributed by atoms with Gasteiger partial charge < -0.3 is 15.0 Å². The van der Waals surface area contributed by atoms with Crippen LogP contribution in [0.25, 0.3) is 0 Å². The summed E-state index contributed by atoms with van der Waals surface area (Å²) in [6.07, 6.45) is 1.98. The maximum atomic E-state index is 8.96. The number of nitriles is 1. The Morgan fingerprint density at radius 2 is 2.32 bits per heavy atom. The van der Waals surface area contributed by atoms with Crippen LogP contribution in [0.1, 0.15) is 24.6 Å². The Balaban J connectivity index is 1.86. The van der Waals surface area contributed by atoms with E-state index in [2.05, 4.69) is 26.3 Å². The smallest absolute Gasteiger partial charge is 0.161 e. The third kappa shape index (κ3) is 2.61. The molecule has 1 aliphatic heterocycles. The van der Waals surface area contributed by atoms with Crippen molar-refractivity contribution in [1.29, 1.82) is 5.26 Å². The number of anilines is 2. The summed E-state index contributed by atoms with van der Waals surface area (Å²) in [4.78, 5) is 11.3. The van der Waals surface area contributed by atoms with Crippen molar-refractivity contribution in [3.05, 3.63) is 11.9 Å². The number of aromatic nitrogens is 2. The summed E-state index contributed by atoms with van der Waals surface area (Å²) in [5.74, 6) is 3.17. The average molecular weight is 259 g/mol. The fraction of sp³-hybridized carbons (Fsp3) is 0.615. The second-order valence-corrected chi connectivity index (χ2v) is 4.93. The van der Waals surface area contributed by atoms with Crippen LogP contribution in [0.2, 0.25) is 0 Å². The van der Waals surface area contributed by atoms with E-state index in [0.29, 0.717) is 19.1 Å². The number of ether oxygens (including phenoxy) is 1. The molecule has 1 aromatic heterocycles. The molecule has 1 saturated heterocycles. The third-order valence-electron chi connectivity index (χ3n) is 3.46. The molecule has 0 bridgehead atoms. The van der Waals surface area contributed by atoms with E-state index in [0.717, 1.165) is 24.0 Å². The van der Waals surface area contributed by atoms with Gasteiger partial charge in [-0.15, -0.1) is 0 Å². The van der Waals surface area contributed by atoms with Gasteiger partial charge in [-0.3, -0.25) is 0 Å². The molecule has 0 aromatic carbocycles. The van der Waals surface area contributed by atoms with Gasteiger partial charge in [0.25, 0.3) is 0 Å². The molecule has 1 atom stereocenters. The molecule has 1 saturated carbocycles. The standard InChI is InChI=1S/C13H17N5O/c1-15-11-6-12(17-13(16-11)9-2-3-9)18-4-5-19-10(7-14)8-18/h6,9-10H,2-5,8H2,1H3,(H,15,16,17). The molecule has 6 heteroatoms. The van der Waals surface area contributed by atoms with Crippen molar-refractivity contribution < 1.29 is 4.74 Å². The van der Waals surface area contributed by atoms with Crippen LogP contribution >= 0.6 is 0 Å². The minimum absolute atomic E-state index is 0.369. The van der Waals surface area contributed by atoms with Gasteiger partial charge in [0.1, 0.15) is 17.5 Å². The summed E-state index contributed by atoms with van der Waals surface area (Å²) in [6.45, 7) is 1.90. The fourth-order valence-electron chi connectivity index (χ4n) is 2.20. The SMILES string of the molecule is CNc1cc(N2CCOC(C#N)C2)nc(C2CC2)n1. The van der Waals surface area contributed by atoms with Crippen LogP contribution in [0.15, 0.2) is 6.07 Å². The summed E-state index contributed by atoms with van der Waals surface area (Å²) in [5, 5.41) is 12.0. The van der Waals surface area contributed by atoms with Gasteiger partial charge in [0.05, 0.1) is 19.2 Å². The number of morpholine rings is 1. The summed E-state index contributed by atoms with van der Waals surface area (Å²) in [7, 11) is 1.86. The first-order valence-electron chi connectivity index (χ1n) is 6.63. The Kier molecular flexibility index (Phi) is 3.22. The predicted octanol–water partition coefficient (Wildman–Crippen LogP) is 1.12. The Labute approximate surface area is 112 Å². The Hall–Kier alpha value is -1.87. The molecule has 2 aliphatic rings. The lowest BCUT2D eigenvalue weighted by atomic mass is 10.3. The Bertz CT molecular complexity index is 508. The van der Waals surface area contributed by atoms with Crippen molar-refractivity contribution >= 4 is 11.6 Å². The zero-order valence-corrected chi connectivity index (χ0v) is 11.0. The van der Waals surface area contributed by atoms with E-state index < -0.39 is 0 Å². The largest absolute Gasteiger partial charge is 0.373 e. The summed E-state index contributed by atoms with van der Waals surface area (Å²) in [5.41, 5.74) is 0. The number of hydrogen-bond donors (Lipinski definition) is 1. The van der Waals surface area contributed by atoms with Crippen molar-refractivity contribution in [2.24, 2.45) is 0 Å². The van der Waals surface area contributed by atoms with Gasteiger partial charge in [0.2, 0.25) is 0 Å². The molecule has 1 N–H and O–H groups in total. The first-order chi connectivity index (χ1) is 9.30. The summed E-state index contributed by atoms with van der Waals surface area (Å²) in [6, 6.07) is 4.10. The Morgan fingerprint density at radius 1 is 1.47 bits per heavy atom. The average Bonchev–Trinajstić information content (AvgIpc) is 3.31. The molecule has 0 radical (unpaired) electrons. The minimum Gasteiger partial charge on any atom is -0.373 e. The van der Waals surface area contributed by atoms with E-state index in [1.807, 2.05) is 13.1 Å². The molecule has 100 valence electrons. The second-order valence-electron chi connectivity index (χ2n) is 4.93. The number of rotatable bonds is 3. The summed E-state index contributed by atoms with van der Waals surface area (Å²) < 4.78 is 5.36. The molecule has 0 amide bonds. The van der Waals surface area contributed by atoms with Crippen LogP contribution in [-0.2, 0) is 4.74 Å². The highest BCUT2D eigenvalue weighted by atomic mass is 16.5. The lowest BCUT2D eigenvalue weighted by Gasteiger charge is -2.31. The van der Waals surface area contributed by atoms with Crippen LogP contribution < -0.4 is 10.2 Å². The molecule has 1 unspecified atom stereocenters. The maximum Gasteiger partial charge on any atom is 0.161 e. The van der Waals surface area contributed by atoms with Gasteiger partial charge >= 0.3 is 0 Å². The molecule has 3 rings (SSSR count). The molecule has 1 aliphatic carbocycles. The molecule has 0 spiro atoms. The lowest BCUT2D eigenvalue weighted by molar-refractivity contribution is 0.0761. The van der Waals surface area contributed by atoms with Crippen LogP contribution in [0.4, 0.5) is 11.6 Å². The number of nitrogens with one attached hydrogen (secondary N) is 1. The van der Waals surface area contributed by atoms with Crippen molar-refractivity contribution in [3.8, 4) is 6.07 Å². The number of hydrogen-bond acceptors (Lipinski definition) is 6. The van der Waals surface area contributed by atoms with Crippen LogP contribution in [0, 0.1) is 11.3 Å². The van der Waals surface area contributed by atoms with E-state index in [-0.39, 0.29) is 6.10 Å². The van der Waals surface area contributed by atoms with Gasteiger partial charge in [0.15, 0.2) is 6.10 Å². The first-order valence-corrected chi connectivity index (χ1v) is 6.63. The molecular formula is C13H17N5O. The highest BCUT2D eigenvalue weighted by Gasteiger charge is 2.29. The topological polar surface area (TPSA) is 74.1 Å². The van der Waals surface area contributed by atoms with Crippen molar-refractivity contribution in [2.75, 3.05) is 37.0 Å². The second kappa shape index (κ2) is 5.02. The highest BCUT2D eigenvalue weighted by molar-refractivity contribution is 5.50. The van der Waals surface area contributed by atoms with Gasteiger partial charge in [-0.1, -0.05) is 0 Å². The normalized spacial score (nSPS) is 22.9. The highest BCUT2D eigenvalue weighted by Crippen LogP contribution is 2.39. The van der Waals surface area contributed by atoms with E-state index in [4.69, 9.17) is 10.00 Å². The Morgan fingerprint density at radius 3 is 3.00 bits per heavy atom. The summed E-state index contributed by atoms with van der Waals surface area (Å²) >= 11 is 0. The quantitative estimate of drug-likeness (QED) is 0.877. The first kappa shape index (κ1) is 12.2. The van der Waals surface area contributed by atoms with Crippen molar-refractivity contribution in [3.63, 3.8) is 0 Å². The number of nitrogens with zero attached hydrogens (tertiary/aromatic N) is 4. The molecular weight excluding hydrogens is 242 g/mol. The van der Waals surface area contributed by atoms with Crippen molar-refractivity contribution in [2.45, 2.75) is 24.9 Å². The van der Waals surface area contributed by atoms with Gasteiger partial charge in [-0.05, 0) is 12.8 Å². The van der Waals surface area contributed by atoms with Crippen LogP contribution in [0.3, 0.4) is 0 Å². The van der Waals surface area contributed by atoms with Crippen LogP contribution in [-0.4, -0.2) is 42.8 Å². The molecule has 6 nitrogen and oxygen atoms in total. The van der Waals surface area contributed by atoms with E-state index in [1.165, 1.54) is 12.8 Å². The molecule has 1 aromatic rings. The van der Waals surface area contributed by atoms with Crippen LogP contribution in [0.5, 0.6) is 0 Å². The molecule has 2 heterocycles. The monoisotopic (exact) mass is 259 g/mol. The van der Waals surface area contributed by atoms with E-state index in [9.17, 15) is 0 Å². The van der Waals surface area contributed by atoms with E-state index in [1.54, 1.807) is 0 Å². The molecule has 19 heavy (non-hydrogen) atoms. The zero-order chi connectivity index (χ0) is 13.2. The predicted molar refractivity (Wildman–Crippen MR) is 71.1 cm³/mol. The molecule has 2 fully saturated rings. The van der Waals surface area contributed by atoms with E-state index >= 15 is 0 Å². The zero-order valence-electron chi connectivity index (χ0n) is 11.0. The van der Waals surface area contributed by atoms with Gasteiger partial charge in [-0.2, -0.15) is 5.26 Å². The van der Waals surface area contributed by atoms with Gasteiger partial charge in [0, 0.05) is 25.6 Å². The fourth-order valence-corrected chi connectivity index (χ4v) is 2.20. The van der Waals surface area contributed by atoms with Gasteiger partial charge in [-0.25, -0.2) is 9.97 Å².